The number of hydrogen-bond acceptors (Lipinski definition) is 5. The maximum atomic E-state index is 13.3. The fourth-order valence-corrected chi connectivity index (χ4v) is 4.80. The number of methoxy groups -OCH3 is 1. The highest BCUT2D eigenvalue weighted by atomic mass is 35.5. The van der Waals surface area contributed by atoms with E-state index in [0.29, 0.717) is 25.4 Å². The van der Waals surface area contributed by atoms with E-state index < -0.39 is 10.0 Å². The molecule has 0 spiro atoms. The SMILES string of the molecule is COc1ccc(C)cc1S(=O)(=O)N1CCNCC1c1cccnc1.Cl. The van der Waals surface area contributed by atoms with E-state index in [1.807, 2.05) is 25.1 Å². The number of ether oxygens (including phenoxy) is 1. The molecule has 6 nitrogen and oxygen atoms in total. The normalized spacial score (nSPS) is 18.4. The molecule has 8 heteroatoms. The summed E-state index contributed by atoms with van der Waals surface area (Å²) in [5, 5.41) is 3.26. The van der Waals surface area contributed by atoms with Crippen LogP contribution in [0.2, 0.25) is 0 Å². The predicted octanol–water partition coefficient (Wildman–Crippen LogP) is 2.16. The van der Waals surface area contributed by atoms with E-state index in [-0.39, 0.29) is 23.3 Å². The molecule has 1 N–H and O–H groups in total. The van der Waals surface area contributed by atoms with Crippen LogP contribution in [0.4, 0.5) is 0 Å². The van der Waals surface area contributed by atoms with Crippen molar-refractivity contribution in [1.82, 2.24) is 14.6 Å². The number of aryl methyl sites for hydroxylation is 1. The van der Waals surface area contributed by atoms with Crippen LogP contribution >= 0.6 is 12.4 Å². The van der Waals surface area contributed by atoms with Crippen LogP contribution in [0.15, 0.2) is 47.6 Å². The summed E-state index contributed by atoms with van der Waals surface area (Å²) in [6, 6.07) is 8.64. The summed E-state index contributed by atoms with van der Waals surface area (Å²) in [7, 11) is -2.20. The second kappa shape index (κ2) is 8.14. The number of benzene rings is 1. The Hall–Kier alpha value is -1.67. The summed E-state index contributed by atoms with van der Waals surface area (Å²) in [5.41, 5.74) is 1.75. The van der Waals surface area contributed by atoms with Crippen molar-refractivity contribution in [2.24, 2.45) is 0 Å². The molecule has 3 rings (SSSR count). The molecule has 1 aliphatic rings. The van der Waals surface area contributed by atoms with Gasteiger partial charge in [-0.15, -0.1) is 12.4 Å². The molecule has 0 radical (unpaired) electrons. The van der Waals surface area contributed by atoms with Gasteiger partial charge in [-0.1, -0.05) is 12.1 Å². The van der Waals surface area contributed by atoms with Crippen molar-refractivity contribution in [3.05, 3.63) is 53.9 Å². The van der Waals surface area contributed by atoms with Gasteiger partial charge in [-0.2, -0.15) is 4.31 Å². The lowest BCUT2D eigenvalue weighted by atomic mass is 10.1. The zero-order valence-corrected chi connectivity index (χ0v) is 15.8. The Bertz CT molecular complexity index is 815. The summed E-state index contributed by atoms with van der Waals surface area (Å²) in [4.78, 5) is 4.33. The van der Waals surface area contributed by atoms with Gasteiger partial charge in [0.15, 0.2) is 0 Å². The Balaban J connectivity index is 0.00000225. The first kappa shape index (κ1) is 19.7. The van der Waals surface area contributed by atoms with Crippen molar-refractivity contribution < 1.29 is 13.2 Å². The summed E-state index contributed by atoms with van der Waals surface area (Å²) >= 11 is 0. The van der Waals surface area contributed by atoms with Gasteiger partial charge >= 0.3 is 0 Å². The van der Waals surface area contributed by atoms with E-state index >= 15 is 0 Å². The van der Waals surface area contributed by atoms with E-state index in [9.17, 15) is 8.42 Å². The van der Waals surface area contributed by atoms with Gasteiger partial charge in [-0.25, -0.2) is 8.42 Å². The first-order valence-electron chi connectivity index (χ1n) is 7.81. The Labute approximate surface area is 154 Å². The van der Waals surface area contributed by atoms with Crippen LogP contribution in [0, 0.1) is 6.92 Å². The molecule has 2 aromatic rings. The van der Waals surface area contributed by atoms with Crippen LogP contribution in [-0.2, 0) is 10.0 Å². The number of halogens is 1. The zero-order chi connectivity index (χ0) is 17.2. The van der Waals surface area contributed by atoms with Gasteiger partial charge in [0, 0.05) is 32.0 Å². The molecule has 2 heterocycles. The molecule has 0 aliphatic carbocycles. The Morgan fingerprint density at radius 1 is 1.32 bits per heavy atom. The highest BCUT2D eigenvalue weighted by Gasteiger charge is 2.36. The monoisotopic (exact) mass is 383 g/mol. The maximum Gasteiger partial charge on any atom is 0.247 e. The number of pyridine rings is 1. The Morgan fingerprint density at radius 3 is 2.80 bits per heavy atom. The number of hydrogen-bond donors (Lipinski definition) is 1. The lowest BCUT2D eigenvalue weighted by molar-refractivity contribution is 0.270. The highest BCUT2D eigenvalue weighted by molar-refractivity contribution is 7.89. The summed E-state index contributed by atoms with van der Waals surface area (Å²) < 4.78 is 33.4. The molecule has 1 aliphatic heterocycles. The van der Waals surface area contributed by atoms with Gasteiger partial charge in [-0.05, 0) is 36.2 Å². The number of nitrogens with zero attached hydrogens (tertiary/aromatic N) is 2. The van der Waals surface area contributed by atoms with Gasteiger partial charge in [-0.3, -0.25) is 4.98 Å². The molecule has 25 heavy (non-hydrogen) atoms. The van der Waals surface area contributed by atoms with Gasteiger partial charge in [0.25, 0.3) is 0 Å². The standard InChI is InChI=1S/C17H21N3O3S.ClH/c1-13-5-6-16(23-2)17(10-13)24(21,22)20-9-8-19-12-15(20)14-4-3-7-18-11-14;/h3-7,10-11,15,19H,8-9,12H2,1-2H3;1H. The number of sulfonamides is 1. The van der Waals surface area contributed by atoms with Gasteiger partial charge < -0.3 is 10.1 Å². The maximum absolute atomic E-state index is 13.3. The van der Waals surface area contributed by atoms with Crippen molar-refractivity contribution in [2.45, 2.75) is 17.9 Å². The van der Waals surface area contributed by atoms with Crippen molar-refractivity contribution >= 4 is 22.4 Å². The fourth-order valence-electron chi connectivity index (χ4n) is 2.94. The molecular formula is C17H22ClN3O3S. The lowest BCUT2D eigenvalue weighted by Gasteiger charge is -2.35. The van der Waals surface area contributed by atoms with Crippen LogP contribution < -0.4 is 10.1 Å². The second-order valence-electron chi connectivity index (χ2n) is 5.78. The second-order valence-corrected chi connectivity index (χ2v) is 7.64. The molecule has 1 atom stereocenters. The number of nitrogens with one attached hydrogen (secondary N) is 1. The Kier molecular flexibility index (Phi) is 6.40. The van der Waals surface area contributed by atoms with Crippen LogP contribution in [0.1, 0.15) is 17.2 Å². The van der Waals surface area contributed by atoms with Crippen molar-refractivity contribution in [2.75, 3.05) is 26.7 Å². The minimum Gasteiger partial charge on any atom is -0.495 e. The van der Waals surface area contributed by atoms with Crippen LogP contribution in [-0.4, -0.2) is 44.5 Å². The van der Waals surface area contributed by atoms with Crippen LogP contribution in [0.5, 0.6) is 5.75 Å². The minimum atomic E-state index is -3.68. The molecule has 1 aromatic carbocycles. The number of aromatic nitrogens is 1. The van der Waals surface area contributed by atoms with E-state index in [0.717, 1.165) is 11.1 Å². The van der Waals surface area contributed by atoms with E-state index in [1.165, 1.54) is 11.4 Å². The third kappa shape index (κ3) is 3.95. The molecule has 1 aromatic heterocycles. The van der Waals surface area contributed by atoms with Crippen LogP contribution in [0.25, 0.3) is 0 Å². The first-order valence-corrected chi connectivity index (χ1v) is 9.25. The summed E-state index contributed by atoms with van der Waals surface area (Å²) in [5.74, 6) is 0.365. The summed E-state index contributed by atoms with van der Waals surface area (Å²) in [6.07, 6.45) is 3.40. The van der Waals surface area contributed by atoms with Gasteiger partial charge in [0.2, 0.25) is 10.0 Å². The van der Waals surface area contributed by atoms with E-state index in [1.54, 1.807) is 24.5 Å². The van der Waals surface area contributed by atoms with E-state index in [4.69, 9.17) is 4.74 Å². The number of piperazine rings is 1. The number of rotatable bonds is 4. The molecular weight excluding hydrogens is 362 g/mol. The molecule has 0 saturated carbocycles. The van der Waals surface area contributed by atoms with Crippen LogP contribution in [0.3, 0.4) is 0 Å². The first-order chi connectivity index (χ1) is 11.5. The van der Waals surface area contributed by atoms with E-state index in [2.05, 4.69) is 10.3 Å². The van der Waals surface area contributed by atoms with Crippen molar-refractivity contribution in [1.29, 1.82) is 0 Å². The van der Waals surface area contributed by atoms with Gasteiger partial charge in [0.05, 0.1) is 13.2 Å². The fraction of sp³-hybridized carbons (Fsp3) is 0.353. The molecule has 0 bridgehead atoms. The third-order valence-corrected chi connectivity index (χ3v) is 6.10. The zero-order valence-electron chi connectivity index (χ0n) is 14.2. The highest BCUT2D eigenvalue weighted by Crippen LogP contribution is 2.33. The smallest absolute Gasteiger partial charge is 0.247 e. The molecule has 1 saturated heterocycles. The van der Waals surface area contributed by atoms with Gasteiger partial charge in [0.1, 0.15) is 10.6 Å². The lowest BCUT2D eigenvalue weighted by Crippen LogP contribution is -2.48. The quantitative estimate of drug-likeness (QED) is 0.875. The predicted molar refractivity (Wildman–Crippen MR) is 98.7 cm³/mol. The largest absolute Gasteiger partial charge is 0.495 e. The minimum absolute atomic E-state index is 0. The van der Waals surface area contributed by atoms with Crippen molar-refractivity contribution in [3.8, 4) is 5.75 Å². The summed E-state index contributed by atoms with van der Waals surface area (Å²) in [6.45, 7) is 3.44. The molecule has 1 unspecified atom stereocenters. The average molecular weight is 384 g/mol. The average Bonchev–Trinajstić information content (AvgIpc) is 2.62. The molecule has 1 fully saturated rings. The topological polar surface area (TPSA) is 71.5 Å². The third-order valence-electron chi connectivity index (χ3n) is 4.17. The molecule has 136 valence electrons. The molecule has 0 amide bonds. The Morgan fingerprint density at radius 2 is 2.12 bits per heavy atom. The van der Waals surface area contributed by atoms with Crippen molar-refractivity contribution in [3.63, 3.8) is 0 Å².